The lowest BCUT2D eigenvalue weighted by Crippen LogP contribution is -2.36. The SMILES string of the molecule is Cc1[nH]cnc1CN1CCC[C@@H](c2nnc(CN3CCC(O)CC3)n2C)C1. The van der Waals surface area contributed by atoms with Gasteiger partial charge >= 0.3 is 0 Å². The van der Waals surface area contributed by atoms with Gasteiger partial charge in [0, 0.05) is 44.8 Å². The van der Waals surface area contributed by atoms with Crippen molar-refractivity contribution in [2.45, 2.75) is 57.7 Å². The normalized spacial score (nSPS) is 23.1. The maximum absolute atomic E-state index is 9.68. The van der Waals surface area contributed by atoms with Crippen LogP contribution in [0.15, 0.2) is 6.33 Å². The molecule has 1 atom stereocenters. The highest BCUT2D eigenvalue weighted by molar-refractivity contribution is 5.10. The van der Waals surface area contributed by atoms with Crippen LogP contribution in [0.5, 0.6) is 0 Å². The number of aromatic nitrogens is 5. The van der Waals surface area contributed by atoms with E-state index in [4.69, 9.17) is 0 Å². The lowest BCUT2D eigenvalue weighted by molar-refractivity contribution is 0.0775. The number of piperidine rings is 2. The first-order chi connectivity index (χ1) is 13.1. The molecule has 0 amide bonds. The van der Waals surface area contributed by atoms with Gasteiger partial charge in [0.25, 0.3) is 0 Å². The van der Waals surface area contributed by atoms with Gasteiger partial charge < -0.3 is 14.7 Å². The van der Waals surface area contributed by atoms with Crippen LogP contribution in [0.1, 0.15) is 54.6 Å². The summed E-state index contributed by atoms with van der Waals surface area (Å²) in [6.07, 6.45) is 5.70. The molecule has 8 heteroatoms. The third-order valence-electron chi connectivity index (χ3n) is 6.10. The number of aromatic amines is 1. The zero-order chi connectivity index (χ0) is 18.8. The third-order valence-corrected chi connectivity index (χ3v) is 6.10. The summed E-state index contributed by atoms with van der Waals surface area (Å²) in [5.41, 5.74) is 2.30. The third kappa shape index (κ3) is 4.23. The molecule has 2 aliphatic rings. The van der Waals surface area contributed by atoms with E-state index in [0.29, 0.717) is 5.92 Å². The monoisotopic (exact) mass is 373 g/mol. The van der Waals surface area contributed by atoms with Gasteiger partial charge in [0.1, 0.15) is 11.6 Å². The van der Waals surface area contributed by atoms with Gasteiger partial charge in [-0.15, -0.1) is 10.2 Å². The summed E-state index contributed by atoms with van der Waals surface area (Å²) >= 11 is 0. The Morgan fingerprint density at radius 2 is 1.93 bits per heavy atom. The fourth-order valence-electron chi connectivity index (χ4n) is 4.31. The first-order valence-electron chi connectivity index (χ1n) is 10.1. The van der Waals surface area contributed by atoms with E-state index in [-0.39, 0.29) is 6.10 Å². The molecule has 0 unspecified atom stereocenters. The Labute approximate surface area is 160 Å². The highest BCUT2D eigenvalue weighted by Gasteiger charge is 2.27. The maximum Gasteiger partial charge on any atom is 0.146 e. The van der Waals surface area contributed by atoms with Crippen molar-refractivity contribution in [3.63, 3.8) is 0 Å². The van der Waals surface area contributed by atoms with Gasteiger partial charge in [-0.2, -0.15) is 0 Å². The number of hydrogen-bond acceptors (Lipinski definition) is 6. The first-order valence-corrected chi connectivity index (χ1v) is 10.1. The van der Waals surface area contributed by atoms with Gasteiger partial charge in [0.15, 0.2) is 0 Å². The molecule has 4 rings (SSSR count). The van der Waals surface area contributed by atoms with Crippen molar-refractivity contribution >= 4 is 0 Å². The fraction of sp³-hybridized carbons (Fsp3) is 0.737. The molecule has 0 aliphatic carbocycles. The minimum absolute atomic E-state index is 0.136. The molecular weight excluding hydrogens is 342 g/mol. The molecule has 0 spiro atoms. The Balaban J connectivity index is 1.39. The summed E-state index contributed by atoms with van der Waals surface area (Å²) in [6, 6.07) is 0. The number of aliphatic hydroxyl groups excluding tert-OH is 1. The number of hydrogen-bond donors (Lipinski definition) is 2. The smallest absolute Gasteiger partial charge is 0.146 e. The van der Waals surface area contributed by atoms with E-state index in [1.54, 1.807) is 6.33 Å². The molecule has 8 nitrogen and oxygen atoms in total. The number of nitrogens with zero attached hydrogens (tertiary/aromatic N) is 6. The zero-order valence-corrected chi connectivity index (χ0v) is 16.4. The summed E-state index contributed by atoms with van der Waals surface area (Å²) in [5.74, 6) is 2.56. The van der Waals surface area contributed by atoms with Crippen LogP contribution in [0.4, 0.5) is 0 Å². The Morgan fingerprint density at radius 3 is 2.67 bits per heavy atom. The van der Waals surface area contributed by atoms with Crippen molar-refractivity contribution in [1.29, 1.82) is 0 Å². The molecule has 2 aliphatic heterocycles. The number of rotatable bonds is 5. The molecule has 2 fully saturated rings. The lowest BCUT2D eigenvalue weighted by Gasteiger charge is -2.32. The highest BCUT2D eigenvalue weighted by Crippen LogP contribution is 2.27. The Kier molecular flexibility index (Phi) is 5.56. The molecule has 4 heterocycles. The van der Waals surface area contributed by atoms with Crippen molar-refractivity contribution in [2.75, 3.05) is 26.2 Å². The van der Waals surface area contributed by atoms with Crippen LogP contribution in [0.3, 0.4) is 0 Å². The molecule has 2 aromatic rings. The number of aryl methyl sites for hydroxylation is 1. The van der Waals surface area contributed by atoms with Gasteiger partial charge in [0.2, 0.25) is 0 Å². The van der Waals surface area contributed by atoms with Crippen LogP contribution < -0.4 is 0 Å². The van der Waals surface area contributed by atoms with E-state index in [1.807, 2.05) is 0 Å². The van der Waals surface area contributed by atoms with Crippen molar-refractivity contribution in [3.8, 4) is 0 Å². The van der Waals surface area contributed by atoms with Crippen molar-refractivity contribution in [3.05, 3.63) is 29.4 Å². The Hall–Kier alpha value is -1.77. The van der Waals surface area contributed by atoms with Crippen molar-refractivity contribution in [2.24, 2.45) is 7.05 Å². The predicted octanol–water partition coefficient (Wildman–Crippen LogP) is 1.18. The lowest BCUT2D eigenvalue weighted by atomic mass is 9.97. The molecule has 27 heavy (non-hydrogen) atoms. The van der Waals surface area contributed by atoms with Crippen molar-refractivity contribution < 1.29 is 5.11 Å². The Bertz CT molecular complexity index is 747. The molecule has 0 saturated carbocycles. The molecule has 0 bridgehead atoms. The number of nitrogens with one attached hydrogen (secondary N) is 1. The molecule has 0 aromatic carbocycles. The second kappa shape index (κ2) is 8.08. The maximum atomic E-state index is 9.68. The number of aliphatic hydroxyl groups is 1. The van der Waals surface area contributed by atoms with Gasteiger partial charge in [-0.05, 0) is 39.2 Å². The van der Waals surface area contributed by atoms with Gasteiger partial charge in [-0.3, -0.25) is 9.80 Å². The minimum atomic E-state index is -0.136. The van der Waals surface area contributed by atoms with E-state index in [2.05, 4.69) is 48.5 Å². The highest BCUT2D eigenvalue weighted by atomic mass is 16.3. The van der Waals surface area contributed by atoms with E-state index >= 15 is 0 Å². The van der Waals surface area contributed by atoms with E-state index in [9.17, 15) is 5.11 Å². The molecule has 0 radical (unpaired) electrons. The van der Waals surface area contributed by atoms with Gasteiger partial charge in [-0.25, -0.2) is 4.98 Å². The standard InChI is InChI=1S/C19H31N7O/c1-14-17(21-13-20-14)11-26-7-3-4-15(10-26)19-23-22-18(24(19)2)12-25-8-5-16(27)6-9-25/h13,15-16,27H,3-12H2,1-2H3,(H,20,21)/t15-/m1/s1. The van der Waals surface area contributed by atoms with Gasteiger partial charge in [0.05, 0.1) is 24.7 Å². The fourth-order valence-corrected chi connectivity index (χ4v) is 4.31. The average molecular weight is 374 g/mol. The summed E-state index contributed by atoms with van der Waals surface area (Å²) in [4.78, 5) is 12.5. The number of likely N-dealkylation sites (tertiary alicyclic amines) is 2. The minimum Gasteiger partial charge on any atom is -0.393 e. The van der Waals surface area contributed by atoms with Crippen LogP contribution in [0.25, 0.3) is 0 Å². The van der Waals surface area contributed by atoms with Crippen LogP contribution >= 0.6 is 0 Å². The largest absolute Gasteiger partial charge is 0.393 e. The summed E-state index contributed by atoms with van der Waals surface area (Å²) < 4.78 is 2.19. The van der Waals surface area contributed by atoms with Crippen LogP contribution in [-0.2, 0) is 20.1 Å². The van der Waals surface area contributed by atoms with E-state index in [1.165, 1.54) is 6.42 Å². The second-order valence-electron chi connectivity index (χ2n) is 8.09. The number of imidazole rings is 1. The molecule has 148 valence electrons. The summed E-state index contributed by atoms with van der Waals surface area (Å²) in [6.45, 7) is 7.79. The summed E-state index contributed by atoms with van der Waals surface area (Å²) in [7, 11) is 2.10. The molecule has 2 N–H and O–H groups in total. The second-order valence-corrected chi connectivity index (χ2v) is 8.09. The van der Waals surface area contributed by atoms with Gasteiger partial charge in [-0.1, -0.05) is 0 Å². The zero-order valence-electron chi connectivity index (χ0n) is 16.4. The quantitative estimate of drug-likeness (QED) is 0.819. The van der Waals surface area contributed by atoms with Crippen LogP contribution in [-0.4, -0.2) is 71.9 Å². The average Bonchev–Trinajstić information content (AvgIpc) is 3.23. The number of H-pyrrole nitrogens is 1. The molecular formula is C19H31N7O. The molecule has 2 saturated heterocycles. The Morgan fingerprint density at radius 1 is 1.11 bits per heavy atom. The van der Waals surface area contributed by atoms with Crippen LogP contribution in [0.2, 0.25) is 0 Å². The first kappa shape index (κ1) is 18.6. The molecule has 2 aromatic heterocycles. The van der Waals surface area contributed by atoms with Crippen LogP contribution in [0, 0.1) is 6.92 Å². The van der Waals surface area contributed by atoms with E-state index < -0.39 is 0 Å². The topological polar surface area (TPSA) is 86.1 Å². The predicted molar refractivity (Wildman–Crippen MR) is 102 cm³/mol. The summed E-state index contributed by atoms with van der Waals surface area (Å²) in [5, 5.41) is 18.7. The van der Waals surface area contributed by atoms with E-state index in [0.717, 1.165) is 81.6 Å². The van der Waals surface area contributed by atoms with Crippen molar-refractivity contribution in [1.82, 2.24) is 34.5 Å².